The normalized spacial score (nSPS) is 10.8. The molecule has 0 aliphatic heterocycles. The summed E-state index contributed by atoms with van der Waals surface area (Å²) in [5.74, 6) is -0.872. The van der Waals surface area contributed by atoms with E-state index in [2.05, 4.69) is 10.6 Å². The minimum absolute atomic E-state index is 0.219. The smallest absolute Gasteiger partial charge is 0.340 e. The number of anilines is 2. The Bertz CT molecular complexity index is 875. The third kappa shape index (κ3) is 5.57. The van der Waals surface area contributed by atoms with E-state index in [-0.39, 0.29) is 17.9 Å². The van der Waals surface area contributed by atoms with E-state index in [1.54, 1.807) is 55.5 Å². The molecule has 2 aromatic rings. The van der Waals surface area contributed by atoms with Crippen LogP contribution in [-0.2, 0) is 14.3 Å². The van der Waals surface area contributed by atoms with Gasteiger partial charge < -0.3 is 20.1 Å². The highest BCUT2D eigenvalue weighted by molar-refractivity contribution is 6.15. The summed E-state index contributed by atoms with van der Waals surface area (Å²) in [6, 6.07) is 13.4. The second kappa shape index (κ2) is 9.73. The van der Waals surface area contributed by atoms with Crippen molar-refractivity contribution < 1.29 is 23.9 Å². The van der Waals surface area contributed by atoms with E-state index in [0.717, 1.165) is 0 Å². The molecule has 0 unspecified atom stereocenters. The first-order valence-corrected chi connectivity index (χ1v) is 9.41. The Kier molecular flexibility index (Phi) is 7.36. The number of amides is 2. The van der Waals surface area contributed by atoms with Gasteiger partial charge >= 0.3 is 5.97 Å². The molecule has 154 valence electrons. The van der Waals surface area contributed by atoms with E-state index in [1.807, 2.05) is 6.92 Å². The molecule has 0 radical (unpaired) electrons. The number of nitrogens with one attached hydrogen (secondary N) is 2. The van der Waals surface area contributed by atoms with Gasteiger partial charge in [-0.25, -0.2) is 4.79 Å². The molecule has 0 aliphatic rings. The van der Waals surface area contributed by atoms with Crippen LogP contribution in [0.25, 0.3) is 0 Å². The summed E-state index contributed by atoms with van der Waals surface area (Å²) in [5, 5.41) is 5.39. The van der Waals surface area contributed by atoms with Gasteiger partial charge in [0.2, 0.25) is 11.8 Å². The van der Waals surface area contributed by atoms with E-state index in [9.17, 15) is 14.4 Å². The average molecular weight is 398 g/mol. The maximum absolute atomic E-state index is 12.8. The van der Waals surface area contributed by atoms with Gasteiger partial charge in [-0.05, 0) is 64.1 Å². The molecular weight excluding hydrogens is 372 g/mol. The van der Waals surface area contributed by atoms with E-state index < -0.39 is 23.2 Å². The van der Waals surface area contributed by atoms with Gasteiger partial charge in [-0.15, -0.1) is 0 Å². The zero-order valence-corrected chi connectivity index (χ0v) is 17.1. The van der Waals surface area contributed by atoms with Crippen LogP contribution < -0.4 is 15.4 Å². The first kappa shape index (κ1) is 21.9. The lowest BCUT2D eigenvalue weighted by molar-refractivity contribution is -0.135. The van der Waals surface area contributed by atoms with Gasteiger partial charge in [0.15, 0.2) is 0 Å². The van der Waals surface area contributed by atoms with Gasteiger partial charge in [-0.1, -0.05) is 12.1 Å². The Morgan fingerprint density at radius 3 is 2.10 bits per heavy atom. The molecule has 0 fully saturated rings. The average Bonchev–Trinajstić information content (AvgIpc) is 2.70. The predicted octanol–water partition coefficient (Wildman–Crippen LogP) is 3.87. The molecule has 7 nitrogen and oxygen atoms in total. The molecule has 0 aromatic heterocycles. The van der Waals surface area contributed by atoms with Crippen molar-refractivity contribution in [3.63, 3.8) is 0 Å². The molecule has 0 heterocycles. The zero-order chi connectivity index (χ0) is 21.4. The van der Waals surface area contributed by atoms with Crippen molar-refractivity contribution in [3.05, 3.63) is 54.1 Å². The molecule has 0 aliphatic carbocycles. The molecule has 0 saturated carbocycles. The van der Waals surface area contributed by atoms with Crippen LogP contribution in [0.3, 0.4) is 0 Å². The predicted molar refractivity (Wildman–Crippen MR) is 111 cm³/mol. The number of carbonyl (C=O) groups excluding carboxylic acids is 3. The highest BCUT2D eigenvalue weighted by Gasteiger charge is 2.36. The standard InChI is InChI=1S/C22H26N2O5/c1-5-28-16-13-11-15(12-14-16)23-20(26)22(3,4)21(27)24-18-10-8-7-9-17(18)19(25)29-6-2/h7-14H,5-6H2,1-4H3,(H,23,26)(H,24,27). The fraction of sp³-hybridized carbons (Fsp3) is 0.318. The van der Waals surface area contributed by atoms with Gasteiger partial charge in [-0.3, -0.25) is 9.59 Å². The Balaban J connectivity index is 2.11. The molecule has 29 heavy (non-hydrogen) atoms. The Hall–Kier alpha value is -3.35. The Labute approximate surface area is 170 Å². The molecular formula is C22H26N2O5. The van der Waals surface area contributed by atoms with Crippen LogP contribution in [0.15, 0.2) is 48.5 Å². The van der Waals surface area contributed by atoms with Crippen molar-refractivity contribution in [3.8, 4) is 5.75 Å². The van der Waals surface area contributed by atoms with Gasteiger partial charge in [0, 0.05) is 5.69 Å². The topological polar surface area (TPSA) is 93.7 Å². The third-order valence-corrected chi connectivity index (χ3v) is 4.23. The Morgan fingerprint density at radius 1 is 0.862 bits per heavy atom. The summed E-state index contributed by atoms with van der Waals surface area (Å²) < 4.78 is 10.4. The molecule has 2 N–H and O–H groups in total. The van der Waals surface area contributed by atoms with Crippen LogP contribution in [0.4, 0.5) is 11.4 Å². The van der Waals surface area contributed by atoms with Crippen molar-refractivity contribution in [2.75, 3.05) is 23.8 Å². The first-order chi connectivity index (χ1) is 13.8. The lowest BCUT2D eigenvalue weighted by Gasteiger charge is -2.23. The van der Waals surface area contributed by atoms with E-state index >= 15 is 0 Å². The van der Waals surface area contributed by atoms with Crippen LogP contribution in [-0.4, -0.2) is 31.0 Å². The van der Waals surface area contributed by atoms with Gasteiger partial charge in [0.25, 0.3) is 0 Å². The number of rotatable bonds is 8. The first-order valence-electron chi connectivity index (χ1n) is 9.41. The summed E-state index contributed by atoms with van der Waals surface area (Å²) in [4.78, 5) is 37.6. The van der Waals surface area contributed by atoms with E-state index in [0.29, 0.717) is 18.0 Å². The number of carbonyl (C=O) groups is 3. The van der Waals surface area contributed by atoms with Crippen LogP contribution in [0.2, 0.25) is 0 Å². The molecule has 2 amide bonds. The lowest BCUT2D eigenvalue weighted by Crippen LogP contribution is -2.41. The number of hydrogen-bond donors (Lipinski definition) is 2. The molecule has 0 saturated heterocycles. The van der Waals surface area contributed by atoms with Crippen LogP contribution in [0.5, 0.6) is 5.75 Å². The van der Waals surface area contributed by atoms with Crippen molar-refractivity contribution >= 4 is 29.2 Å². The molecule has 0 bridgehead atoms. The summed E-state index contributed by atoms with van der Waals surface area (Å²) in [7, 11) is 0. The van der Waals surface area contributed by atoms with Crippen LogP contribution in [0.1, 0.15) is 38.1 Å². The Morgan fingerprint density at radius 2 is 1.48 bits per heavy atom. The third-order valence-electron chi connectivity index (χ3n) is 4.23. The highest BCUT2D eigenvalue weighted by Crippen LogP contribution is 2.24. The van der Waals surface area contributed by atoms with Crippen molar-refractivity contribution in [1.29, 1.82) is 0 Å². The van der Waals surface area contributed by atoms with Crippen molar-refractivity contribution in [2.24, 2.45) is 5.41 Å². The van der Waals surface area contributed by atoms with E-state index in [1.165, 1.54) is 13.8 Å². The number of hydrogen-bond acceptors (Lipinski definition) is 5. The minimum atomic E-state index is -1.39. The summed E-state index contributed by atoms with van der Waals surface area (Å²) in [6.45, 7) is 7.38. The number of benzene rings is 2. The lowest BCUT2D eigenvalue weighted by atomic mass is 9.90. The highest BCUT2D eigenvalue weighted by atomic mass is 16.5. The fourth-order valence-corrected chi connectivity index (χ4v) is 2.45. The summed E-state index contributed by atoms with van der Waals surface area (Å²) in [6.07, 6.45) is 0. The molecule has 0 atom stereocenters. The summed E-state index contributed by atoms with van der Waals surface area (Å²) >= 11 is 0. The van der Waals surface area contributed by atoms with E-state index in [4.69, 9.17) is 9.47 Å². The van der Waals surface area contributed by atoms with Gasteiger partial charge in [0.05, 0.1) is 24.5 Å². The SMILES string of the molecule is CCOC(=O)c1ccccc1NC(=O)C(C)(C)C(=O)Nc1ccc(OCC)cc1. The monoisotopic (exact) mass is 398 g/mol. The number of ether oxygens (including phenoxy) is 2. The van der Waals surface area contributed by atoms with Crippen molar-refractivity contribution in [1.82, 2.24) is 0 Å². The maximum atomic E-state index is 12.8. The summed E-state index contributed by atoms with van der Waals surface area (Å²) in [5.41, 5.74) is -0.324. The maximum Gasteiger partial charge on any atom is 0.340 e. The van der Waals surface area contributed by atoms with Crippen LogP contribution >= 0.6 is 0 Å². The number of para-hydroxylation sites is 1. The van der Waals surface area contributed by atoms with Gasteiger partial charge in [0.1, 0.15) is 11.2 Å². The van der Waals surface area contributed by atoms with Crippen LogP contribution in [0, 0.1) is 5.41 Å². The second-order valence-electron chi connectivity index (χ2n) is 6.76. The quantitative estimate of drug-likeness (QED) is 0.520. The minimum Gasteiger partial charge on any atom is -0.494 e. The molecule has 2 aromatic carbocycles. The molecule has 2 rings (SSSR count). The molecule has 7 heteroatoms. The molecule has 0 spiro atoms. The largest absolute Gasteiger partial charge is 0.494 e. The van der Waals surface area contributed by atoms with Gasteiger partial charge in [-0.2, -0.15) is 0 Å². The second-order valence-corrected chi connectivity index (χ2v) is 6.76. The fourth-order valence-electron chi connectivity index (χ4n) is 2.45. The number of esters is 1. The van der Waals surface area contributed by atoms with Crippen molar-refractivity contribution in [2.45, 2.75) is 27.7 Å². The zero-order valence-electron chi connectivity index (χ0n) is 17.1.